The second kappa shape index (κ2) is 6.35. The molecule has 1 heterocycles. The zero-order valence-electron chi connectivity index (χ0n) is 13.8. The molecule has 0 aliphatic carbocycles. The molecule has 3 heteroatoms. The van der Waals surface area contributed by atoms with Crippen molar-refractivity contribution >= 4 is 23.1 Å². The summed E-state index contributed by atoms with van der Waals surface area (Å²) < 4.78 is 0. The van der Waals surface area contributed by atoms with E-state index in [1.54, 1.807) is 0 Å². The van der Waals surface area contributed by atoms with Crippen molar-refractivity contribution in [3.63, 3.8) is 0 Å². The van der Waals surface area contributed by atoms with Gasteiger partial charge in [-0.2, -0.15) is 0 Å². The number of rotatable bonds is 4. The molecule has 0 amide bonds. The van der Waals surface area contributed by atoms with Crippen molar-refractivity contribution in [3.8, 4) is 0 Å². The van der Waals surface area contributed by atoms with Crippen molar-refractivity contribution < 1.29 is 0 Å². The smallest absolute Gasteiger partial charge is 0.0555 e. The lowest BCUT2D eigenvalue weighted by Crippen LogP contribution is -2.31. The fourth-order valence-electron chi connectivity index (χ4n) is 3.13. The Hall–Kier alpha value is -1.45. The highest BCUT2D eigenvalue weighted by Gasteiger charge is 2.24. The second-order valence-electron chi connectivity index (χ2n) is 6.52. The van der Waals surface area contributed by atoms with Gasteiger partial charge in [0.2, 0.25) is 0 Å². The topological polar surface area (TPSA) is 6.48 Å². The zero-order chi connectivity index (χ0) is 15.7. The number of hydrogen-bond donors (Lipinski definition) is 0. The first kappa shape index (κ1) is 15.4. The Kier molecular flexibility index (Phi) is 4.46. The molecule has 2 nitrogen and oxygen atoms in total. The first-order valence-corrected chi connectivity index (χ1v) is 8.66. The summed E-state index contributed by atoms with van der Waals surface area (Å²) in [7, 11) is 4.29. The SMILES string of the molecule is Cc1ccc2c(c1)N(CC(C)CN(C)C)c1ccccc1S2. The fraction of sp³-hybridized carbons (Fsp3) is 0.368. The van der Waals surface area contributed by atoms with E-state index in [2.05, 4.69) is 80.2 Å². The molecule has 0 saturated carbocycles. The highest BCUT2D eigenvalue weighted by atomic mass is 32.2. The standard InChI is InChI=1S/C19H24N2S/c1-14-9-10-19-17(11-14)21(13-15(2)12-20(3)4)16-7-5-6-8-18(16)22-19/h5-11,15H,12-13H2,1-4H3. The van der Waals surface area contributed by atoms with Gasteiger partial charge >= 0.3 is 0 Å². The monoisotopic (exact) mass is 312 g/mol. The largest absolute Gasteiger partial charge is 0.339 e. The average Bonchev–Trinajstić information content (AvgIpc) is 2.47. The van der Waals surface area contributed by atoms with Gasteiger partial charge in [0.1, 0.15) is 0 Å². The van der Waals surface area contributed by atoms with E-state index >= 15 is 0 Å². The van der Waals surface area contributed by atoms with Gasteiger partial charge in [-0.05, 0) is 56.8 Å². The van der Waals surface area contributed by atoms with Crippen molar-refractivity contribution in [3.05, 3.63) is 48.0 Å². The third-order valence-corrected chi connectivity index (χ3v) is 5.08. The Morgan fingerprint density at radius 3 is 2.55 bits per heavy atom. The van der Waals surface area contributed by atoms with Gasteiger partial charge in [-0.1, -0.05) is 36.9 Å². The molecule has 0 radical (unpaired) electrons. The molecule has 22 heavy (non-hydrogen) atoms. The minimum atomic E-state index is 0.611. The first-order valence-electron chi connectivity index (χ1n) is 7.84. The summed E-state index contributed by atoms with van der Waals surface area (Å²) in [5.74, 6) is 0.611. The van der Waals surface area contributed by atoms with Crippen LogP contribution < -0.4 is 4.90 Å². The molecule has 2 aromatic rings. The molecular weight excluding hydrogens is 288 g/mol. The van der Waals surface area contributed by atoms with Crippen molar-refractivity contribution in [2.75, 3.05) is 32.1 Å². The molecule has 0 N–H and O–H groups in total. The van der Waals surface area contributed by atoms with Crippen LogP contribution in [-0.2, 0) is 0 Å². The third kappa shape index (κ3) is 3.16. The van der Waals surface area contributed by atoms with E-state index in [0.29, 0.717) is 5.92 Å². The number of fused-ring (bicyclic) bond motifs is 2. The van der Waals surface area contributed by atoms with Crippen LogP contribution in [0.3, 0.4) is 0 Å². The van der Waals surface area contributed by atoms with E-state index in [1.807, 2.05) is 11.8 Å². The minimum absolute atomic E-state index is 0.611. The van der Waals surface area contributed by atoms with E-state index in [0.717, 1.165) is 13.1 Å². The van der Waals surface area contributed by atoms with Gasteiger partial charge in [0, 0.05) is 22.9 Å². The Morgan fingerprint density at radius 2 is 1.77 bits per heavy atom. The van der Waals surface area contributed by atoms with Crippen LogP contribution in [0.5, 0.6) is 0 Å². The van der Waals surface area contributed by atoms with Gasteiger partial charge in [0.25, 0.3) is 0 Å². The molecule has 116 valence electrons. The van der Waals surface area contributed by atoms with E-state index in [4.69, 9.17) is 0 Å². The fourth-order valence-corrected chi connectivity index (χ4v) is 4.20. The van der Waals surface area contributed by atoms with Crippen LogP contribution in [0.1, 0.15) is 12.5 Å². The number of anilines is 2. The average molecular weight is 312 g/mol. The molecule has 3 rings (SSSR count). The Balaban J connectivity index is 1.98. The van der Waals surface area contributed by atoms with Crippen LogP contribution in [-0.4, -0.2) is 32.1 Å². The van der Waals surface area contributed by atoms with Crippen molar-refractivity contribution in [1.29, 1.82) is 0 Å². The lowest BCUT2D eigenvalue weighted by molar-refractivity contribution is 0.343. The van der Waals surface area contributed by atoms with Gasteiger partial charge in [-0.15, -0.1) is 0 Å². The van der Waals surface area contributed by atoms with Crippen LogP contribution in [0.25, 0.3) is 0 Å². The zero-order valence-corrected chi connectivity index (χ0v) is 14.7. The summed E-state index contributed by atoms with van der Waals surface area (Å²) in [6.07, 6.45) is 0. The van der Waals surface area contributed by atoms with Crippen LogP contribution in [0.15, 0.2) is 52.3 Å². The Morgan fingerprint density at radius 1 is 1.05 bits per heavy atom. The maximum atomic E-state index is 2.50. The quantitative estimate of drug-likeness (QED) is 0.801. The van der Waals surface area contributed by atoms with Gasteiger partial charge in [-0.3, -0.25) is 0 Å². The van der Waals surface area contributed by atoms with Crippen molar-refractivity contribution in [2.45, 2.75) is 23.6 Å². The summed E-state index contributed by atoms with van der Waals surface area (Å²) >= 11 is 1.88. The van der Waals surface area contributed by atoms with Gasteiger partial charge < -0.3 is 9.80 Å². The number of aryl methyl sites for hydroxylation is 1. The Bertz CT molecular complexity index is 666. The number of benzene rings is 2. The van der Waals surface area contributed by atoms with Crippen LogP contribution >= 0.6 is 11.8 Å². The first-order chi connectivity index (χ1) is 10.5. The summed E-state index contributed by atoms with van der Waals surface area (Å²) in [5.41, 5.74) is 4.02. The molecule has 1 aliphatic heterocycles. The molecule has 0 spiro atoms. The predicted molar refractivity (Wildman–Crippen MR) is 96.5 cm³/mol. The molecule has 2 aromatic carbocycles. The molecule has 1 unspecified atom stereocenters. The highest BCUT2D eigenvalue weighted by molar-refractivity contribution is 7.99. The second-order valence-corrected chi connectivity index (χ2v) is 7.60. The number of nitrogens with zero attached hydrogens (tertiary/aromatic N) is 2. The summed E-state index contributed by atoms with van der Waals surface area (Å²) in [4.78, 5) is 7.49. The minimum Gasteiger partial charge on any atom is -0.339 e. The molecule has 0 aromatic heterocycles. The predicted octanol–water partition coefficient (Wildman–Crippen LogP) is 4.80. The van der Waals surface area contributed by atoms with Crippen molar-refractivity contribution in [2.24, 2.45) is 5.92 Å². The van der Waals surface area contributed by atoms with Gasteiger partial charge in [0.15, 0.2) is 0 Å². The lowest BCUT2D eigenvalue weighted by atomic mass is 10.1. The van der Waals surface area contributed by atoms with E-state index in [1.165, 1.54) is 26.7 Å². The van der Waals surface area contributed by atoms with Crippen LogP contribution in [0.4, 0.5) is 11.4 Å². The summed E-state index contributed by atoms with van der Waals surface area (Å²) in [6, 6.07) is 15.5. The molecule has 0 fully saturated rings. The normalized spacial score (nSPS) is 14.7. The molecule has 1 atom stereocenters. The maximum absolute atomic E-state index is 2.50. The van der Waals surface area contributed by atoms with E-state index < -0.39 is 0 Å². The van der Waals surface area contributed by atoms with Crippen molar-refractivity contribution in [1.82, 2.24) is 4.90 Å². The molecule has 1 aliphatic rings. The highest BCUT2D eigenvalue weighted by Crippen LogP contribution is 2.48. The summed E-state index contributed by atoms with van der Waals surface area (Å²) in [5, 5.41) is 0. The number of hydrogen-bond acceptors (Lipinski definition) is 3. The van der Waals surface area contributed by atoms with E-state index in [-0.39, 0.29) is 0 Å². The Labute approximate surface area is 138 Å². The van der Waals surface area contributed by atoms with Gasteiger partial charge in [-0.25, -0.2) is 0 Å². The van der Waals surface area contributed by atoms with Crippen LogP contribution in [0, 0.1) is 12.8 Å². The summed E-state index contributed by atoms with van der Waals surface area (Å²) in [6.45, 7) is 6.66. The number of para-hydroxylation sites is 1. The lowest BCUT2D eigenvalue weighted by Gasteiger charge is -2.35. The van der Waals surface area contributed by atoms with E-state index in [9.17, 15) is 0 Å². The molecular formula is C19H24N2S. The third-order valence-electron chi connectivity index (χ3n) is 3.95. The maximum Gasteiger partial charge on any atom is 0.0555 e. The van der Waals surface area contributed by atoms with Gasteiger partial charge in [0.05, 0.1) is 11.4 Å². The molecule has 0 bridgehead atoms. The molecule has 0 saturated heterocycles. The van der Waals surface area contributed by atoms with Crippen LogP contribution in [0.2, 0.25) is 0 Å².